The van der Waals surface area contributed by atoms with Gasteiger partial charge in [0.25, 0.3) is 0 Å². The summed E-state index contributed by atoms with van der Waals surface area (Å²) in [6, 6.07) is 8.92. The van der Waals surface area contributed by atoms with Gasteiger partial charge in [0.2, 0.25) is 0 Å². The molecule has 19 heavy (non-hydrogen) atoms. The fourth-order valence-electron chi connectivity index (χ4n) is 1.74. The predicted molar refractivity (Wildman–Crippen MR) is 71.3 cm³/mol. The summed E-state index contributed by atoms with van der Waals surface area (Å²) in [5, 5.41) is 0. The SMILES string of the molecule is C#CC[C@H](OC(=O)c1cccn1C)c1ccccn1. The number of aromatic nitrogens is 2. The van der Waals surface area contributed by atoms with Gasteiger partial charge in [0, 0.05) is 19.4 Å². The lowest BCUT2D eigenvalue weighted by Gasteiger charge is -2.15. The molecule has 2 aromatic rings. The van der Waals surface area contributed by atoms with Crippen LogP contribution in [0.15, 0.2) is 42.7 Å². The monoisotopic (exact) mass is 254 g/mol. The average Bonchev–Trinajstić information content (AvgIpc) is 2.85. The minimum absolute atomic E-state index is 0.299. The van der Waals surface area contributed by atoms with Crippen molar-refractivity contribution in [3.05, 3.63) is 54.1 Å². The number of esters is 1. The second-order valence-electron chi connectivity index (χ2n) is 4.06. The van der Waals surface area contributed by atoms with E-state index in [4.69, 9.17) is 11.2 Å². The van der Waals surface area contributed by atoms with E-state index in [1.807, 2.05) is 6.07 Å². The molecule has 0 bridgehead atoms. The van der Waals surface area contributed by atoms with Crippen LogP contribution < -0.4 is 0 Å². The molecule has 0 aliphatic rings. The molecule has 4 nitrogen and oxygen atoms in total. The van der Waals surface area contributed by atoms with E-state index in [9.17, 15) is 4.79 Å². The molecule has 0 saturated carbocycles. The largest absolute Gasteiger partial charge is 0.450 e. The molecule has 96 valence electrons. The number of terminal acetylenes is 1. The summed E-state index contributed by atoms with van der Waals surface area (Å²) in [5.41, 5.74) is 1.14. The van der Waals surface area contributed by atoms with Crippen LogP contribution in [0.3, 0.4) is 0 Å². The van der Waals surface area contributed by atoms with E-state index in [1.165, 1.54) is 0 Å². The van der Waals surface area contributed by atoms with Gasteiger partial charge in [0.15, 0.2) is 6.10 Å². The van der Waals surface area contributed by atoms with Gasteiger partial charge in [-0.2, -0.15) is 0 Å². The zero-order chi connectivity index (χ0) is 13.7. The van der Waals surface area contributed by atoms with Crippen LogP contribution in [0, 0.1) is 12.3 Å². The first-order valence-corrected chi connectivity index (χ1v) is 5.89. The first-order valence-electron chi connectivity index (χ1n) is 5.89. The van der Waals surface area contributed by atoms with Crippen LogP contribution in [0.2, 0.25) is 0 Å². The van der Waals surface area contributed by atoms with Crippen LogP contribution in [0.5, 0.6) is 0 Å². The van der Waals surface area contributed by atoms with Crippen LogP contribution >= 0.6 is 0 Å². The fourth-order valence-corrected chi connectivity index (χ4v) is 1.74. The van der Waals surface area contributed by atoms with Crippen molar-refractivity contribution >= 4 is 5.97 Å². The quantitative estimate of drug-likeness (QED) is 0.621. The van der Waals surface area contributed by atoms with Gasteiger partial charge in [0.1, 0.15) is 5.69 Å². The van der Waals surface area contributed by atoms with E-state index in [0.717, 1.165) is 0 Å². The number of hydrogen-bond acceptors (Lipinski definition) is 3. The van der Waals surface area contributed by atoms with Crippen LogP contribution in [0.25, 0.3) is 0 Å². The van der Waals surface area contributed by atoms with Crippen LogP contribution in [0.4, 0.5) is 0 Å². The smallest absolute Gasteiger partial charge is 0.355 e. The number of rotatable bonds is 4. The highest BCUT2D eigenvalue weighted by Gasteiger charge is 2.19. The molecule has 0 amide bonds. The molecule has 0 unspecified atom stereocenters. The molecule has 4 heteroatoms. The molecule has 2 aromatic heterocycles. The zero-order valence-electron chi connectivity index (χ0n) is 10.6. The second kappa shape index (κ2) is 5.87. The summed E-state index contributed by atoms with van der Waals surface area (Å²) in [7, 11) is 1.79. The maximum absolute atomic E-state index is 12.0. The van der Waals surface area contributed by atoms with Crippen molar-refractivity contribution in [2.45, 2.75) is 12.5 Å². The number of ether oxygens (including phenoxy) is 1. The molecule has 2 rings (SSSR count). The van der Waals surface area contributed by atoms with Crippen molar-refractivity contribution in [1.82, 2.24) is 9.55 Å². The predicted octanol–water partition coefficient (Wildman–Crippen LogP) is 2.34. The van der Waals surface area contributed by atoms with E-state index in [2.05, 4.69) is 10.9 Å². The Kier molecular flexibility index (Phi) is 3.99. The lowest BCUT2D eigenvalue weighted by Crippen LogP contribution is -2.15. The molecule has 2 heterocycles. The van der Waals surface area contributed by atoms with Gasteiger partial charge in [-0.1, -0.05) is 6.07 Å². The first kappa shape index (κ1) is 12.9. The Morgan fingerprint density at radius 2 is 2.32 bits per heavy atom. The van der Waals surface area contributed by atoms with E-state index in [0.29, 0.717) is 17.8 Å². The Labute approximate surface area is 112 Å². The molecular formula is C15H14N2O2. The number of aryl methyl sites for hydroxylation is 1. The topological polar surface area (TPSA) is 44.1 Å². The highest BCUT2D eigenvalue weighted by atomic mass is 16.5. The van der Waals surface area contributed by atoms with Gasteiger partial charge in [-0.3, -0.25) is 4.98 Å². The highest BCUT2D eigenvalue weighted by Crippen LogP contribution is 2.20. The Morgan fingerprint density at radius 1 is 1.47 bits per heavy atom. The number of nitrogens with zero attached hydrogens (tertiary/aromatic N) is 2. The lowest BCUT2D eigenvalue weighted by atomic mass is 10.1. The van der Waals surface area contributed by atoms with Gasteiger partial charge in [0.05, 0.1) is 12.1 Å². The van der Waals surface area contributed by atoms with E-state index in [-0.39, 0.29) is 0 Å². The van der Waals surface area contributed by atoms with Crippen molar-refractivity contribution in [3.63, 3.8) is 0 Å². The average molecular weight is 254 g/mol. The molecule has 0 N–H and O–H groups in total. The molecule has 0 fully saturated rings. The summed E-state index contributed by atoms with van der Waals surface area (Å²) in [6.45, 7) is 0. The van der Waals surface area contributed by atoms with Crippen LogP contribution in [0.1, 0.15) is 28.7 Å². The van der Waals surface area contributed by atoms with Gasteiger partial charge in [-0.25, -0.2) is 4.79 Å². The van der Waals surface area contributed by atoms with E-state index >= 15 is 0 Å². The zero-order valence-corrected chi connectivity index (χ0v) is 10.6. The van der Waals surface area contributed by atoms with Crippen molar-refractivity contribution in [3.8, 4) is 12.3 Å². The van der Waals surface area contributed by atoms with E-state index < -0.39 is 12.1 Å². The van der Waals surface area contributed by atoms with E-state index in [1.54, 1.807) is 48.3 Å². The minimum atomic E-state index is -0.520. The van der Waals surface area contributed by atoms with Crippen molar-refractivity contribution in [2.24, 2.45) is 7.05 Å². The highest BCUT2D eigenvalue weighted by molar-refractivity contribution is 5.87. The summed E-state index contributed by atoms with van der Waals surface area (Å²) in [5.74, 6) is 2.10. The molecule has 0 aliphatic carbocycles. The Morgan fingerprint density at radius 3 is 2.89 bits per heavy atom. The maximum Gasteiger partial charge on any atom is 0.355 e. The molecule has 0 radical (unpaired) electrons. The Bertz CT molecular complexity index is 596. The lowest BCUT2D eigenvalue weighted by molar-refractivity contribution is 0.0287. The molecular weight excluding hydrogens is 240 g/mol. The second-order valence-corrected chi connectivity index (χ2v) is 4.06. The van der Waals surface area contributed by atoms with Crippen molar-refractivity contribution in [2.75, 3.05) is 0 Å². The number of pyridine rings is 1. The summed E-state index contributed by atoms with van der Waals surface area (Å²) in [6.07, 6.45) is 8.53. The fraction of sp³-hybridized carbons (Fsp3) is 0.200. The first-order chi connectivity index (χ1) is 9.22. The number of carbonyl (C=O) groups excluding carboxylic acids is 1. The third-order valence-electron chi connectivity index (χ3n) is 2.72. The molecule has 0 spiro atoms. The van der Waals surface area contributed by atoms with Crippen molar-refractivity contribution in [1.29, 1.82) is 0 Å². The number of hydrogen-bond donors (Lipinski definition) is 0. The molecule has 0 saturated heterocycles. The van der Waals surface area contributed by atoms with Gasteiger partial charge >= 0.3 is 5.97 Å². The van der Waals surface area contributed by atoms with Gasteiger partial charge in [-0.15, -0.1) is 12.3 Å². The van der Waals surface area contributed by atoms with Gasteiger partial charge in [-0.05, 0) is 24.3 Å². The summed E-state index contributed by atoms with van der Waals surface area (Å²) >= 11 is 0. The third kappa shape index (κ3) is 3.02. The minimum Gasteiger partial charge on any atom is -0.450 e. The van der Waals surface area contributed by atoms with Crippen LogP contribution in [-0.4, -0.2) is 15.5 Å². The molecule has 0 aromatic carbocycles. The number of carbonyl (C=O) groups is 1. The normalized spacial score (nSPS) is 11.6. The third-order valence-corrected chi connectivity index (χ3v) is 2.72. The molecule has 1 atom stereocenters. The Hall–Kier alpha value is -2.54. The van der Waals surface area contributed by atoms with Gasteiger partial charge < -0.3 is 9.30 Å². The summed E-state index contributed by atoms with van der Waals surface area (Å²) in [4.78, 5) is 16.2. The van der Waals surface area contributed by atoms with Crippen molar-refractivity contribution < 1.29 is 9.53 Å². The standard InChI is InChI=1S/C15H14N2O2/c1-3-7-14(12-8-4-5-10-16-12)19-15(18)13-9-6-11-17(13)2/h1,4-6,8-11,14H,7H2,2H3/t14-/m0/s1. The maximum atomic E-state index is 12.0. The summed E-state index contributed by atoms with van der Waals surface area (Å²) < 4.78 is 7.14. The Balaban J connectivity index is 2.17. The van der Waals surface area contributed by atoms with Crippen LogP contribution in [-0.2, 0) is 11.8 Å². The molecule has 0 aliphatic heterocycles.